The van der Waals surface area contributed by atoms with Gasteiger partial charge in [0.1, 0.15) is 5.82 Å². The van der Waals surface area contributed by atoms with Crippen molar-refractivity contribution < 1.29 is 14.3 Å². The highest BCUT2D eigenvalue weighted by Gasteiger charge is 2.37. The van der Waals surface area contributed by atoms with E-state index in [-0.39, 0.29) is 23.9 Å². The molecule has 0 radical (unpaired) electrons. The van der Waals surface area contributed by atoms with Crippen LogP contribution in [0.4, 0.5) is 10.1 Å². The van der Waals surface area contributed by atoms with Crippen molar-refractivity contribution in [2.75, 3.05) is 24.5 Å². The van der Waals surface area contributed by atoms with E-state index in [1.54, 1.807) is 23.1 Å². The van der Waals surface area contributed by atoms with Crippen molar-refractivity contribution in [3.63, 3.8) is 0 Å². The Hall–Kier alpha value is -1.46. The summed E-state index contributed by atoms with van der Waals surface area (Å²) in [5, 5.41) is 9.62. The molecular formula is C15H19FN2O2. The van der Waals surface area contributed by atoms with Gasteiger partial charge in [-0.2, -0.15) is 0 Å². The minimum Gasteiger partial charge on any atom is -0.392 e. The molecule has 4 nitrogen and oxygen atoms in total. The quantitative estimate of drug-likeness (QED) is 0.889. The van der Waals surface area contributed by atoms with Gasteiger partial charge in [0, 0.05) is 19.6 Å². The number of aliphatic hydroxyl groups excluding tert-OH is 1. The van der Waals surface area contributed by atoms with Gasteiger partial charge in [-0.15, -0.1) is 0 Å². The summed E-state index contributed by atoms with van der Waals surface area (Å²) >= 11 is 0. The fraction of sp³-hybridized carbons (Fsp3) is 0.533. The first-order valence-corrected chi connectivity index (χ1v) is 7.15. The van der Waals surface area contributed by atoms with Crippen LogP contribution in [0, 0.1) is 5.82 Å². The smallest absolute Gasteiger partial charge is 0.244 e. The lowest BCUT2D eigenvalue weighted by Gasteiger charge is -2.36. The maximum Gasteiger partial charge on any atom is 0.244 e. The number of rotatable bonds is 2. The van der Waals surface area contributed by atoms with Crippen LogP contribution in [-0.4, -0.2) is 47.7 Å². The Labute approximate surface area is 117 Å². The second-order valence-electron chi connectivity index (χ2n) is 5.54. The molecule has 1 amide bonds. The number of benzene rings is 1. The van der Waals surface area contributed by atoms with Crippen LogP contribution in [0.2, 0.25) is 0 Å². The third-order valence-corrected chi connectivity index (χ3v) is 4.19. The summed E-state index contributed by atoms with van der Waals surface area (Å²) < 4.78 is 13.9. The van der Waals surface area contributed by atoms with Crippen molar-refractivity contribution >= 4 is 11.6 Å². The molecule has 1 unspecified atom stereocenters. The van der Waals surface area contributed by atoms with Crippen LogP contribution in [0.5, 0.6) is 0 Å². The Morgan fingerprint density at radius 1 is 1.20 bits per heavy atom. The zero-order valence-electron chi connectivity index (χ0n) is 11.3. The maximum atomic E-state index is 13.9. The molecule has 2 atom stereocenters. The number of anilines is 1. The molecule has 5 heteroatoms. The maximum absolute atomic E-state index is 13.9. The summed E-state index contributed by atoms with van der Waals surface area (Å²) in [6, 6.07) is 6.18. The summed E-state index contributed by atoms with van der Waals surface area (Å²) in [4.78, 5) is 16.2. The molecule has 1 N–H and O–H groups in total. The Morgan fingerprint density at radius 3 is 2.70 bits per heavy atom. The van der Waals surface area contributed by atoms with Crippen molar-refractivity contribution in [1.82, 2.24) is 4.90 Å². The molecule has 20 heavy (non-hydrogen) atoms. The number of likely N-dealkylation sites (tertiary alicyclic amines) is 1. The number of carbonyl (C=O) groups is 1. The van der Waals surface area contributed by atoms with E-state index in [2.05, 4.69) is 0 Å². The van der Waals surface area contributed by atoms with Crippen LogP contribution >= 0.6 is 0 Å². The SMILES string of the molecule is O=C1C(N2CC[C@H](O)C2)CCCN1c1ccccc1F. The Bertz CT molecular complexity index is 508. The lowest BCUT2D eigenvalue weighted by atomic mass is 10.0. The van der Waals surface area contributed by atoms with E-state index < -0.39 is 0 Å². The van der Waals surface area contributed by atoms with Crippen LogP contribution < -0.4 is 4.90 Å². The largest absolute Gasteiger partial charge is 0.392 e. The van der Waals surface area contributed by atoms with Gasteiger partial charge in [0.05, 0.1) is 17.8 Å². The molecule has 108 valence electrons. The number of aliphatic hydroxyl groups is 1. The highest BCUT2D eigenvalue weighted by Crippen LogP contribution is 2.27. The first kappa shape index (κ1) is 13.5. The van der Waals surface area contributed by atoms with Gasteiger partial charge >= 0.3 is 0 Å². The molecule has 1 aromatic rings. The summed E-state index contributed by atoms with van der Waals surface area (Å²) in [6.45, 7) is 1.84. The van der Waals surface area contributed by atoms with Crippen molar-refractivity contribution in [2.24, 2.45) is 0 Å². The van der Waals surface area contributed by atoms with E-state index in [0.29, 0.717) is 25.2 Å². The summed E-state index contributed by atoms with van der Waals surface area (Å²) in [7, 11) is 0. The molecule has 2 heterocycles. The van der Waals surface area contributed by atoms with Crippen molar-refractivity contribution in [2.45, 2.75) is 31.4 Å². The molecule has 2 aliphatic heterocycles. The summed E-state index contributed by atoms with van der Waals surface area (Å²) in [5.41, 5.74) is 0.363. The van der Waals surface area contributed by atoms with E-state index in [1.807, 2.05) is 4.90 Å². The zero-order valence-corrected chi connectivity index (χ0v) is 11.3. The second kappa shape index (κ2) is 5.50. The fourth-order valence-corrected chi connectivity index (χ4v) is 3.16. The van der Waals surface area contributed by atoms with Crippen LogP contribution in [0.3, 0.4) is 0 Å². The molecule has 1 aromatic carbocycles. The van der Waals surface area contributed by atoms with E-state index >= 15 is 0 Å². The number of hydrogen-bond donors (Lipinski definition) is 1. The van der Waals surface area contributed by atoms with Crippen molar-refractivity contribution in [1.29, 1.82) is 0 Å². The van der Waals surface area contributed by atoms with Crippen LogP contribution in [0.15, 0.2) is 24.3 Å². The van der Waals surface area contributed by atoms with Gasteiger partial charge in [0.25, 0.3) is 0 Å². The predicted octanol–water partition coefficient (Wildman–Crippen LogP) is 1.39. The molecule has 2 aliphatic rings. The predicted molar refractivity (Wildman–Crippen MR) is 74.0 cm³/mol. The molecule has 0 aromatic heterocycles. The molecule has 3 rings (SSSR count). The van der Waals surface area contributed by atoms with Gasteiger partial charge in [0.2, 0.25) is 5.91 Å². The minimum absolute atomic E-state index is 0.0459. The van der Waals surface area contributed by atoms with Gasteiger partial charge in [0.15, 0.2) is 0 Å². The van der Waals surface area contributed by atoms with E-state index in [0.717, 1.165) is 19.4 Å². The number of piperidine rings is 1. The number of β-amino-alcohol motifs (C(OH)–C–C–N with tert-alkyl or cyclic N) is 1. The average molecular weight is 278 g/mol. The molecule has 0 spiro atoms. The normalized spacial score (nSPS) is 28.1. The second-order valence-corrected chi connectivity index (χ2v) is 5.54. The number of hydrogen-bond acceptors (Lipinski definition) is 3. The van der Waals surface area contributed by atoms with Crippen LogP contribution in [0.1, 0.15) is 19.3 Å². The number of para-hydroxylation sites is 1. The summed E-state index contributed by atoms with van der Waals surface area (Å²) in [5.74, 6) is -0.404. The number of nitrogens with zero attached hydrogens (tertiary/aromatic N) is 2. The van der Waals surface area contributed by atoms with E-state index in [9.17, 15) is 14.3 Å². The molecule has 2 fully saturated rings. The third kappa shape index (κ3) is 2.43. The monoisotopic (exact) mass is 278 g/mol. The highest BCUT2D eigenvalue weighted by molar-refractivity contribution is 5.98. The molecular weight excluding hydrogens is 259 g/mol. The topological polar surface area (TPSA) is 43.8 Å². The number of amides is 1. The standard InChI is InChI=1S/C15H19FN2O2/c16-12-4-1-2-5-13(12)18-8-3-6-14(15(18)20)17-9-7-11(19)10-17/h1-2,4-5,11,14,19H,3,6-10H2/t11-,14?/m0/s1. The number of carbonyl (C=O) groups excluding carboxylic acids is 1. The Kier molecular flexibility index (Phi) is 3.72. The molecule has 2 saturated heterocycles. The van der Waals surface area contributed by atoms with Crippen LogP contribution in [0.25, 0.3) is 0 Å². The Morgan fingerprint density at radius 2 is 2.00 bits per heavy atom. The lowest BCUT2D eigenvalue weighted by molar-refractivity contribution is -0.125. The summed E-state index contributed by atoms with van der Waals surface area (Å²) in [6.07, 6.45) is 2.02. The van der Waals surface area contributed by atoms with Crippen LogP contribution in [-0.2, 0) is 4.79 Å². The van der Waals surface area contributed by atoms with Gasteiger partial charge in [-0.3, -0.25) is 9.69 Å². The van der Waals surface area contributed by atoms with E-state index in [4.69, 9.17) is 0 Å². The number of halogens is 1. The van der Waals surface area contributed by atoms with E-state index in [1.165, 1.54) is 6.07 Å². The van der Waals surface area contributed by atoms with Gasteiger partial charge in [-0.05, 0) is 31.4 Å². The molecule has 0 aliphatic carbocycles. The van der Waals surface area contributed by atoms with Crippen molar-refractivity contribution in [3.8, 4) is 0 Å². The fourth-order valence-electron chi connectivity index (χ4n) is 3.16. The highest BCUT2D eigenvalue weighted by atomic mass is 19.1. The first-order chi connectivity index (χ1) is 9.66. The zero-order chi connectivity index (χ0) is 14.1. The Balaban J connectivity index is 1.80. The average Bonchev–Trinajstić information content (AvgIpc) is 2.86. The van der Waals surface area contributed by atoms with Gasteiger partial charge in [-0.25, -0.2) is 4.39 Å². The van der Waals surface area contributed by atoms with Gasteiger partial charge < -0.3 is 10.0 Å². The molecule has 0 saturated carbocycles. The van der Waals surface area contributed by atoms with Crippen molar-refractivity contribution in [3.05, 3.63) is 30.1 Å². The minimum atomic E-state index is -0.358. The first-order valence-electron chi connectivity index (χ1n) is 7.15. The van der Waals surface area contributed by atoms with Gasteiger partial charge in [-0.1, -0.05) is 12.1 Å². The third-order valence-electron chi connectivity index (χ3n) is 4.19. The molecule has 0 bridgehead atoms. The lowest BCUT2D eigenvalue weighted by Crippen LogP contribution is -2.52.